The van der Waals surface area contributed by atoms with Crippen LogP contribution in [0.2, 0.25) is 0 Å². The lowest BCUT2D eigenvalue weighted by atomic mass is 10.1. The summed E-state index contributed by atoms with van der Waals surface area (Å²) in [5.41, 5.74) is 2.08. The lowest BCUT2D eigenvalue weighted by molar-refractivity contribution is 0.102. The van der Waals surface area contributed by atoms with E-state index in [-0.39, 0.29) is 5.91 Å². The van der Waals surface area contributed by atoms with Crippen molar-refractivity contribution in [2.45, 2.75) is 6.42 Å². The molecule has 2 aromatic heterocycles. The number of hydrogen-bond donors (Lipinski definition) is 1. The molecule has 0 aliphatic carbocycles. The lowest BCUT2D eigenvalue weighted by Crippen LogP contribution is -2.13. The number of ether oxygens (including phenoxy) is 1. The molecule has 0 unspecified atom stereocenters. The van der Waals surface area contributed by atoms with Crippen molar-refractivity contribution in [2.75, 3.05) is 12.4 Å². The highest BCUT2D eigenvalue weighted by Gasteiger charge is 2.14. The number of carbonyl (C=O) groups excluding carboxylic acids is 1. The second-order valence-electron chi connectivity index (χ2n) is 6.01. The molecular formula is C21H17N3O4. The van der Waals surface area contributed by atoms with Crippen molar-refractivity contribution in [3.05, 3.63) is 83.9 Å². The van der Waals surface area contributed by atoms with Gasteiger partial charge in [0, 0.05) is 11.3 Å². The number of methoxy groups -OCH3 is 1. The van der Waals surface area contributed by atoms with Crippen LogP contribution in [-0.4, -0.2) is 23.2 Å². The van der Waals surface area contributed by atoms with E-state index in [1.165, 1.54) is 0 Å². The normalized spacial score (nSPS) is 10.6. The molecule has 0 radical (unpaired) electrons. The standard InChI is InChI=1S/C21H17N3O4/c1-26-16-10-8-14(9-11-16)21(25)22-17-6-3-2-5-15(17)13-19-23-20(24-28-19)18-7-4-12-27-18/h2-12H,13H2,1H3,(H,22,25). The molecule has 7 heteroatoms. The quantitative estimate of drug-likeness (QED) is 0.544. The van der Waals surface area contributed by atoms with Crippen molar-refractivity contribution < 1.29 is 18.5 Å². The molecule has 0 atom stereocenters. The van der Waals surface area contributed by atoms with Crippen LogP contribution in [0.5, 0.6) is 5.75 Å². The molecule has 28 heavy (non-hydrogen) atoms. The van der Waals surface area contributed by atoms with Gasteiger partial charge in [0.15, 0.2) is 5.76 Å². The van der Waals surface area contributed by atoms with Crippen LogP contribution in [0.15, 0.2) is 75.9 Å². The summed E-state index contributed by atoms with van der Waals surface area (Å²) >= 11 is 0. The van der Waals surface area contributed by atoms with Crippen LogP contribution in [0.25, 0.3) is 11.6 Å². The van der Waals surface area contributed by atoms with Gasteiger partial charge in [0.25, 0.3) is 5.91 Å². The van der Waals surface area contributed by atoms with Gasteiger partial charge < -0.3 is 19.0 Å². The number of para-hydroxylation sites is 1. The summed E-state index contributed by atoms with van der Waals surface area (Å²) < 4.78 is 15.7. The van der Waals surface area contributed by atoms with Crippen LogP contribution >= 0.6 is 0 Å². The first-order chi connectivity index (χ1) is 13.7. The highest BCUT2D eigenvalue weighted by atomic mass is 16.5. The highest BCUT2D eigenvalue weighted by Crippen LogP contribution is 2.22. The van der Waals surface area contributed by atoms with E-state index in [1.54, 1.807) is 49.8 Å². The van der Waals surface area contributed by atoms with Crippen molar-refractivity contribution in [1.82, 2.24) is 10.1 Å². The number of rotatable bonds is 6. The Kier molecular flexibility index (Phi) is 4.88. The number of carbonyl (C=O) groups is 1. The average Bonchev–Trinajstić information content (AvgIpc) is 3.41. The van der Waals surface area contributed by atoms with Crippen LogP contribution in [0.4, 0.5) is 5.69 Å². The van der Waals surface area contributed by atoms with E-state index in [0.717, 1.165) is 5.56 Å². The Morgan fingerprint density at radius 3 is 2.64 bits per heavy atom. The largest absolute Gasteiger partial charge is 0.497 e. The lowest BCUT2D eigenvalue weighted by Gasteiger charge is -2.10. The minimum atomic E-state index is -0.211. The van der Waals surface area contributed by atoms with Gasteiger partial charge in [-0.05, 0) is 48.0 Å². The molecule has 0 saturated heterocycles. The third-order valence-corrected chi connectivity index (χ3v) is 4.17. The molecule has 0 fully saturated rings. The molecule has 0 spiro atoms. The molecule has 0 bridgehead atoms. The number of hydrogen-bond acceptors (Lipinski definition) is 6. The molecule has 140 valence electrons. The van der Waals surface area contributed by atoms with Gasteiger partial charge >= 0.3 is 0 Å². The first-order valence-electron chi connectivity index (χ1n) is 8.63. The van der Waals surface area contributed by atoms with E-state index in [1.807, 2.05) is 24.3 Å². The molecule has 1 N–H and O–H groups in total. The number of benzene rings is 2. The van der Waals surface area contributed by atoms with Gasteiger partial charge in [-0.3, -0.25) is 4.79 Å². The first-order valence-corrected chi connectivity index (χ1v) is 8.63. The third kappa shape index (κ3) is 3.78. The second kappa shape index (κ2) is 7.79. The monoisotopic (exact) mass is 375 g/mol. The number of nitrogens with zero attached hydrogens (tertiary/aromatic N) is 2. The van der Waals surface area contributed by atoms with Crippen LogP contribution in [0.3, 0.4) is 0 Å². The fraction of sp³-hybridized carbons (Fsp3) is 0.0952. The number of aromatic nitrogens is 2. The molecule has 0 aliphatic rings. The SMILES string of the molecule is COc1ccc(C(=O)Nc2ccccc2Cc2nc(-c3ccco3)no2)cc1. The summed E-state index contributed by atoms with van der Waals surface area (Å²) in [6.07, 6.45) is 1.93. The molecular weight excluding hydrogens is 358 g/mol. The molecule has 4 aromatic rings. The van der Waals surface area contributed by atoms with Gasteiger partial charge in [0.1, 0.15) is 5.75 Å². The molecule has 0 saturated carbocycles. The molecule has 0 aliphatic heterocycles. The van der Waals surface area contributed by atoms with Crippen molar-refractivity contribution in [3.8, 4) is 17.3 Å². The van der Waals surface area contributed by atoms with Gasteiger partial charge in [-0.2, -0.15) is 4.98 Å². The average molecular weight is 375 g/mol. The summed E-state index contributed by atoms with van der Waals surface area (Å²) in [4.78, 5) is 16.9. The maximum absolute atomic E-state index is 12.6. The van der Waals surface area contributed by atoms with Gasteiger partial charge in [-0.15, -0.1) is 0 Å². The van der Waals surface area contributed by atoms with E-state index < -0.39 is 0 Å². The van der Waals surface area contributed by atoms with Crippen LogP contribution in [0.1, 0.15) is 21.8 Å². The summed E-state index contributed by atoms with van der Waals surface area (Å²) in [6, 6.07) is 17.9. The Bertz CT molecular complexity index is 1070. The summed E-state index contributed by atoms with van der Waals surface area (Å²) in [5, 5.41) is 6.86. The highest BCUT2D eigenvalue weighted by molar-refractivity contribution is 6.04. The zero-order valence-corrected chi connectivity index (χ0v) is 15.1. The molecule has 2 aromatic carbocycles. The molecule has 7 nitrogen and oxygen atoms in total. The number of amides is 1. The zero-order valence-electron chi connectivity index (χ0n) is 15.1. The first kappa shape index (κ1) is 17.5. The van der Waals surface area contributed by atoms with Crippen LogP contribution in [0, 0.1) is 0 Å². The van der Waals surface area contributed by atoms with E-state index in [2.05, 4.69) is 15.5 Å². The Hall–Kier alpha value is -3.87. The molecule has 1 amide bonds. The van der Waals surface area contributed by atoms with E-state index >= 15 is 0 Å². The third-order valence-electron chi connectivity index (χ3n) is 4.17. The topological polar surface area (TPSA) is 90.4 Å². The zero-order chi connectivity index (χ0) is 19.3. The summed E-state index contributed by atoms with van der Waals surface area (Å²) in [7, 11) is 1.58. The summed E-state index contributed by atoms with van der Waals surface area (Å²) in [6.45, 7) is 0. The Balaban J connectivity index is 1.51. The molecule has 2 heterocycles. The predicted octanol–water partition coefficient (Wildman–Crippen LogP) is 4.18. The van der Waals surface area contributed by atoms with Crippen LogP contribution in [-0.2, 0) is 6.42 Å². The van der Waals surface area contributed by atoms with Crippen molar-refractivity contribution in [3.63, 3.8) is 0 Å². The van der Waals surface area contributed by atoms with Gasteiger partial charge in [-0.1, -0.05) is 23.4 Å². The van der Waals surface area contributed by atoms with E-state index in [0.29, 0.717) is 40.9 Å². The van der Waals surface area contributed by atoms with Gasteiger partial charge in [0.05, 0.1) is 19.8 Å². The predicted molar refractivity (Wildman–Crippen MR) is 102 cm³/mol. The maximum Gasteiger partial charge on any atom is 0.255 e. The molecule has 4 rings (SSSR count). The van der Waals surface area contributed by atoms with Crippen molar-refractivity contribution in [1.29, 1.82) is 0 Å². The van der Waals surface area contributed by atoms with Gasteiger partial charge in [0.2, 0.25) is 11.7 Å². The Labute approximate surface area is 161 Å². The van der Waals surface area contributed by atoms with Crippen molar-refractivity contribution >= 4 is 11.6 Å². The number of furan rings is 1. The summed E-state index contributed by atoms with van der Waals surface area (Å²) in [5.74, 6) is 1.84. The minimum absolute atomic E-state index is 0.211. The number of nitrogens with one attached hydrogen (secondary N) is 1. The Morgan fingerprint density at radius 2 is 1.89 bits per heavy atom. The smallest absolute Gasteiger partial charge is 0.255 e. The van der Waals surface area contributed by atoms with Crippen molar-refractivity contribution in [2.24, 2.45) is 0 Å². The minimum Gasteiger partial charge on any atom is -0.497 e. The number of anilines is 1. The fourth-order valence-electron chi connectivity index (χ4n) is 2.73. The van der Waals surface area contributed by atoms with E-state index in [4.69, 9.17) is 13.7 Å². The van der Waals surface area contributed by atoms with Crippen LogP contribution < -0.4 is 10.1 Å². The Morgan fingerprint density at radius 1 is 1.07 bits per heavy atom. The van der Waals surface area contributed by atoms with E-state index in [9.17, 15) is 4.79 Å². The second-order valence-corrected chi connectivity index (χ2v) is 6.01. The maximum atomic E-state index is 12.6. The van der Waals surface area contributed by atoms with Gasteiger partial charge in [-0.25, -0.2) is 0 Å². The fourth-order valence-corrected chi connectivity index (χ4v) is 2.73.